The lowest BCUT2D eigenvalue weighted by atomic mass is 10.1. The van der Waals surface area contributed by atoms with Crippen LogP contribution in [0.25, 0.3) is 10.1 Å². The van der Waals surface area contributed by atoms with Gasteiger partial charge in [-0.2, -0.15) is 11.3 Å². The van der Waals surface area contributed by atoms with E-state index in [2.05, 4.69) is 5.32 Å². The Hall–Kier alpha value is -1.85. The third-order valence-corrected chi connectivity index (χ3v) is 5.60. The van der Waals surface area contributed by atoms with Crippen molar-refractivity contribution >= 4 is 44.4 Å². The summed E-state index contributed by atoms with van der Waals surface area (Å²) < 4.78 is 1.09. The second-order valence-corrected chi connectivity index (χ2v) is 6.85. The molecule has 1 atom stereocenters. The molecule has 0 aliphatic heterocycles. The summed E-state index contributed by atoms with van der Waals surface area (Å²) in [6.45, 7) is 4.02. The number of nitrogen functional groups attached to an aromatic ring is 1. The zero-order valence-corrected chi connectivity index (χ0v) is 13.5. The highest BCUT2D eigenvalue weighted by Crippen LogP contribution is 2.35. The number of hydrogen-bond donors (Lipinski definition) is 2. The van der Waals surface area contributed by atoms with Crippen molar-refractivity contribution < 1.29 is 4.79 Å². The number of fused-ring (bicyclic) bond motifs is 1. The first-order valence-corrected chi connectivity index (χ1v) is 8.44. The topological polar surface area (TPSA) is 55.1 Å². The number of carbonyl (C=O) groups is 1. The van der Waals surface area contributed by atoms with Crippen molar-refractivity contribution in [2.75, 3.05) is 5.73 Å². The molecule has 0 aliphatic rings. The minimum Gasteiger partial charge on any atom is -0.397 e. The lowest BCUT2D eigenvalue weighted by Crippen LogP contribution is -2.26. The van der Waals surface area contributed by atoms with E-state index in [0.717, 1.165) is 21.2 Å². The van der Waals surface area contributed by atoms with Crippen LogP contribution in [0.15, 0.2) is 35.0 Å². The highest BCUT2D eigenvalue weighted by molar-refractivity contribution is 7.21. The summed E-state index contributed by atoms with van der Waals surface area (Å²) in [6, 6.07) is 7.97. The van der Waals surface area contributed by atoms with Crippen LogP contribution in [0.5, 0.6) is 0 Å². The van der Waals surface area contributed by atoms with Crippen LogP contribution in [0.1, 0.15) is 33.8 Å². The van der Waals surface area contributed by atoms with Crippen LogP contribution in [0.4, 0.5) is 5.69 Å². The molecule has 0 aliphatic carbocycles. The predicted molar refractivity (Wildman–Crippen MR) is 91.2 cm³/mol. The summed E-state index contributed by atoms with van der Waals surface area (Å²) >= 11 is 3.09. The fourth-order valence-electron chi connectivity index (χ4n) is 2.31. The van der Waals surface area contributed by atoms with E-state index in [0.29, 0.717) is 10.6 Å². The maximum Gasteiger partial charge on any atom is 0.263 e. The van der Waals surface area contributed by atoms with E-state index in [-0.39, 0.29) is 11.9 Å². The van der Waals surface area contributed by atoms with E-state index in [1.165, 1.54) is 11.3 Å². The first-order valence-electron chi connectivity index (χ1n) is 6.68. The van der Waals surface area contributed by atoms with Crippen LogP contribution >= 0.6 is 22.7 Å². The normalized spacial score (nSPS) is 12.5. The fourth-order valence-corrected chi connectivity index (χ4v) is 4.16. The van der Waals surface area contributed by atoms with Gasteiger partial charge in [-0.05, 0) is 41.8 Å². The minimum atomic E-state index is -0.105. The number of rotatable bonds is 3. The number of nitrogens with two attached hydrogens (primary N) is 1. The number of amides is 1. The Kier molecular flexibility index (Phi) is 3.69. The van der Waals surface area contributed by atoms with Gasteiger partial charge in [0.15, 0.2) is 0 Å². The van der Waals surface area contributed by atoms with Gasteiger partial charge in [0.1, 0.15) is 4.88 Å². The van der Waals surface area contributed by atoms with Gasteiger partial charge < -0.3 is 11.1 Å². The number of benzene rings is 1. The number of carbonyl (C=O) groups excluding carboxylic acids is 1. The number of aryl methyl sites for hydroxylation is 1. The second kappa shape index (κ2) is 5.50. The molecule has 1 amide bonds. The van der Waals surface area contributed by atoms with Crippen molar-refractivity contribution in [3.8, 4) is 0 Å². The average Bonchev–Trinajstić information content (AvgIpc) is 3.08. The van der Waals surface area contributed by atoms with E-state index in [4.69, 9.17) is 5.73 Å². The van der Waals surface area contributed by atoms with Crippen molar-refractivity contribution in [3.05, 3.63) is 51.0 Å². The molecule has 3 rings (SSSR count). The average molecular weight is 316 g/mol. The smallest absolute Gasteiger partial charge is 0.263 e. The zero-order chi connectivity index (χ0) is 15.0. The summed E-state index contributed by atoms with van der Waals surface area (Å²) in [7, 11) is 0. The van der Waals surface area contributed by atoms with Gasteiger partial charge in [-0.3, -0.25) is 4.79 Å². The molecule has 5 heteroatoms. The first-order chi connectivity index (χ1) is 10.1. The molecule has 3 aromatic rings. The van der Waals surface area contributed by atoms with Gasteiger partial charge in [-0.25, -0.2) is 0 Å². The van der Waals surface area contributed by atoms with Gasteiger partial charge in [0, 0.05) is 10.1 Å². The Bertz CT molecular complexity index is 790. The molecule has 1 unspecified atom stereocenters. The van der Waals surface area contributed by atoms with Crippen molar-refractivity contribution in [1.29, 1.82) is 0 Å². The van der Waals surface area contributed by atoms with Crippen LogP contribution in [-0.2, 0) is 0 Å². The Morgan fingerprint density at radius 2 is 2.14 bits per heavy atom. The molecular weight excluding hydrogens is 300 g/mol. The van der Waals surface area contributed by atoms with Gasteiger partial charge >= 0.3 is 0 Å². The Morgan fingerprint density at radius 3 is 2.81 bits per heavy atom. The maximum absolute atomic E-state index is 12.5. The third kappa shape index (κ3) is 2.54. The lowest BCUT2D eigenvalue weighted by molar-refractivity contribution is 0.0945. The van der Waals surface area contributed by atoms with Crippen molar-refractivity contribution in [3.63, 3.8) is 0 Å². The summed E-state index contributed by atoms with van der Waals surface area (Å²) in [5.41, 5.74) is 8.99. The molecule has 108 valence electrons. The molecule has 1 aromatic carbocycles. The van der Waals surface area contributed by atoms with Crippen LogP contribution in [-0.4, -0.2) is 5.91 Å². The minimum absolute atomic E-state index is 0.0190. The van der Waals surface area contributed by atoms with Crippen molar-refractivity contribution in [1.82, 2.24) is 5.32 Å². The van der Waals surface area contributed by atoms with Crippen molar-refractivity contribution in [2.24, 2.45) is 0 Å². The molecule has 0 saturated heterocycles. The second-order valence-electron chi connectivity index (χ2n) is 5.05. The molecule has 2 aromatic heterocycles. The SMILES string of the molecule is Cc1cccc2c(N)c(C(=O)NC(C)c3ccsc3)sc12. The summed E-state index contributed by atoms with van der Waals surface area (Å²) in [5.74, 6) is -0.105. The van der Waals surface area contributed by atoms with Crippen LogP contribution in [0.3, 0.4) is 0 Å². The molecule has 0 spiro atoms. The monoisotopic (exact) mass is 316 g/mol. The van der Waals surface area contributed by atoms with Crippen LogP contribution < -0.4 is 11.1 Å². The van der Waals surface area contributed by atoms with Gasteiger partial charge in [-0.1, -0.05) is 18.2 Å². The molecule has 21 heavy (non-hydrogen) atoms. The number of anilines is 1. The van der Waals surface area contributed by atoms with Crippen LogP contribution in [0, 0.1) is 6.92 Å². The molecule has 0 fully saturated rings. The van der Waals surface area contributed by atoms with Gasteiger partial charge in [-0.15, -0.1) is 11.3 Å². The molecule has 0 radical (unpaired) electrons. The Labute approximate surface area is 131 Å². The van der Waals surface area contributed by atoms with E-state index in [1.807, 2.05) is 48.9 Å². The molecule has 2 heterocycles. The van der Waals surface area contributed by atoms with Gasteiger partial charge in [0.2, 0.25) is 0 Å². The van der Waals surface area contributed by atoms with E-state index >= 15 is 0 Å². The highest BCUT2D eigenvalue weighted by Gasteiger charge is 2.19. The number of nitrogens with one attached hydrogen (secondary N) is 1. The summed E-state index contributed by atoms with van der Waals surface area (Å²) in [4.78, 5) is 13.1. The molecule has 3 N–H and O–H groups in total. The van der Waals surface area contributed by atoms with Gasteiger partial charge in [0.25, 0.3) is 5.91 Å². The largest absolute Gasteiger partial charge is 0.397 e. The quantitative estimate of drug-likeness (QED) is 0.755. The van der Waals surface area contributed by atoms with E-state index in [1.54, 1.807) is 11.3 Å². The van der Waals surface area contributed by atoms with Crippen LogP contribution in [0.2, 0.25) is 0 Å². The molecule has 0 bridgehead atoms. The number of hydrogen-bond acceptors (Lipinski definition) is 4. The summed E-state index contributed by atoms with van der Waals surface area (Å²) in [5, 5.41) is 8.04. The van der Waals surface area contributed by atoms with Crippen molar-refractivity contribution in [2.45, 2.75) is 19.9 Å². The third-order valence-electron chi connectivity index (χ3n) is 3.55. The number of thiophene rings is 2. The molecular formula is C16H16N2OS2. The Morgan fingerprint density at radius 1 is 1.33 bits per heavy atom. The summed E-state index contributed by atoms with van der Waals surface area (Å²) in [6.07, 6.45) is 0. The Balaban J connectivity index is 1.91. The molecule has 3 nitrogen and oxygen atoms in total. The molecule has 0 saturated carbocycles. The maximum atomic E-state index is 12.5. The zero-order valence-electron chi connectivity index (χ0n) is 11.8. The highest BCUT2D eigenvalue weighted by atomic mass is 32.1. The van der Waals surface area contributed by atoms with E-state index in [9.17, 15) is 4.79 Å². The fraction of sp³-hybridized carbons (Fsp3) is 0.188. The standard InChI is InChI=1S/C16H16N2OS2/c1-9-4-3-5-12-13(17)15(21-14(9)12)16(19)18-10(2)11-6-7-20-8-11/h3-8,10H,17H2,1-2H3,(H,18,19). The first kappa shape index (κ1) is 14.1. The van der Waals surface area contributed by atoms with Gasteiger partial charge in [0.05, 0.1) is 11.7 Å². The lowest BCUT2D eigenvalue weighted by Gasteiger charge is -2.11. The predicted octanol–water partition coefficient (Wildman–Crippen LogP) is 4.34. The van der Waals surface area contributed by atoms with E-state index < -0.39 is 0 Å².